The number of fused-ring (bicyclic) bond motifs is 4. The van der Waals surface area contributed by atoms with Crippen LogP contribution in [0.25, 0.3) is 0 Å². The molecule has 2 N–H and O–H groups in total. The van der Waals surface area contributed by atoms with Gasteiger partial charge in [0.15, 0.2) is 11.2 Å². The van der Waals surface area contributed by atoms with Crippen LogP contribution >= 0.6 is 0 Å². The molecule has 37 heavy (non-hydrogen) atoms. The first kappa shape index (κ1) is 27.8. The summed E-state index contributed by atoms with van der Waals surface area (Å²) in [6, 6.07) is 7.71. The first-order valence-corrected chi connectivity index (χ1v) is 15.2. The third-order valence-electron chi connectivity index (χ3n) is 8.71. The van der Waals surface area contributed by atoms with Crippen molar-refractivity contribution in [3.8, 4) is 11.5 Å². The number of benzene rings is 2. The van der Waals surface area contributed by atoms with E-state index in [1.165, 1.54) is 26.4 Å². The van der Waals surface area contributed by atoms with Gasteiger partial charge in [0.25, 0.3) is 0 Å². The number of carbonyl (C=O) groups excluding carboxylic acids is 1. The quantitative estimate of drug-likeness (QED) is 0.438. The molecule has 2 aromatic carbocycles. The Morgan fingerprint density at radius 1 is 0.973 bits per heavy atom. The minimum absolute atomic E-state index is 0.0780. The summed E-state index contributed by atoms with van der Waals surface area (Å²) >= 11 is 0. The normalized spacial score (nSPS) is 25.2. The highest BCUT2D eigenvalue weighted by Crippen LogP contribution is 2.61. The highest BCUT2D eigenvalue weighted by atomic mass is 28.4. The van der Waals surface area contributed by atoms with E-state index in [9.17, 15) is 19.4 Å². The van der Waals surface area contributed by atoms with Gasteiger partial charge >= 0.3 is 0 Å². The number of aryl methyl sites for hydroxylation is 1. The van der Waals surface area contributed by atoms with E-state index in [-0.39, 0.29) is 46.3 Å². The summed E-state index contributed by atoms with van der Waals surface area (Å²) in [4.78, 5) is 14.1. The van der Waals surface area contributed by atoms with Crippen molar-refractivity contribution in [2.45, 2.75) is 88.3 Å². The highest BCUT2D eigenvalue weighted by Gasteiger charge is 2.69. The lowest BCUT2D eigenvalue weighted by atomic mass is 9.58. The first-order valence-electron chi connectivity index (χ1n) is 13.0. The summed E-state index contributed by atoms with van der Waals surface area (Å²) in [5.74, 6) is -0.754. The van der Waals surface area contributed by atoms with Crippen LogP contribution in [-0.2, 0) is 16.4 Å². The van der Waals surface area contributed by atoms with Crippen molar-refractivity contribution < 1.29 is 33.3 Å². The average molecular weight is 531 g/mol. The Balaban J connectivity index is 2.13. The Labute approximate surface area is 219 Å². The number of carbonyl (C=O) groups is 1. The number of methoxy groups -OCH3 is 2. The van der Waals surface area contributed by atoms with E-state index in [0.29, 0.717) is 16.9 Å². The van der Waals surface area contributed by atoms with Gasteiger partial charge in [-0.1, -0.05) is 53.7 Å². The predicted octanol–water partition coefficient (Wildman–Crippen LogP) is 5.84. The molecule has 8 heteroatoms. The van der Waals surface area contributed by atoms with Gasteiger partial charge in [0.05, 0.1) is 19.8 Å². The lowest BCUT2D eigenvalue weighted by molar-refractivity contribution is -0.199. The van der Waals surface area contributed by atoms with E-state index in [0.717, 1.165) is 0 Å². The van der Waals surface area contributed by atoms with Crippen molar-refractivity contribution in [3.05, 3.63) is 58.4 Å². The second kappa shape index (κ2) is 9.49. The third-order valence-corrected chi connectivity index (χ3v) is 14.8. The van der Waals surface area contributed by atoms with Gasteiger partial charge in [-0.3, -0.25) is 4.79 Å². The van der Waals surface area contributed by atoms with E-state index < -0.39 is 37.2 Å². The first-order chi connectivity index (χ1) is 17.3. The second-order valence-electron chi connectivity index (χ2n) is 11.3. The maximum atomic E-state index is 14.6. The molecule has 202 valence electrons. The molecule has 3 atom stereocenters. The fraction of sp³-hybridized carbons (Fsp3) is 0.552. The molecule has 0 aliphatic heterocycles. The number of aliphatic hydroxyl groups is 2. The van der Waals surface area contributed by atoms with E-state index >= 15 is 0 Å². The molecule has 2 aliphatic rings. The smallest absolute Gasteiger partial charge is 0.201 e. The molecule has 0 aromatic heterocycles. The number of ketones is 1. The Hall–Kier alpha value is -2.26. The van der Waals surface area contributed by atoms with Crippen molar-refractivity contribution in [1.82, 2.24) is 0 Å². The van der Waals surface area contributed by atoms with Crippen molar-refractivity contribution in [1.29, 1.82) is 0 Å². The molecule has 6 nitrogen and oxygen atoms in total. The van der Waals surface area contributed by atoms with Gasteiger partial charge in [-0.25, -0.2) is 4.39 Å². The number of ether oxygens (including phenoxy) is 2. The maximum Gasteiger partial charge on any atom is 0.201 e. The number of rotatable bonds is 7. The summed E-state index contributed by atoms with van der Waals surface area (Å²) in [5, 5.41) is 25.1. The zero-order chi connectivity index (χ0) is 27.5. The standard InChI is InChI=1S/C29H39FO6Si/c1-16(2)37(17(3)4,18(5)6)36-27-21-10-9-11-22(34-7)24(21)26(31)28(32)13-12-19-14-20(30)15-23(35-8)25(19)29(27,28)33/h9-11,14-18,27,32-33H,12-13H2,1-8H3/t27-,28-,29+/m1/s1. The van der Waals surface area contributed by atoms with Crippen molar-refractivity contribution >= 4 is 14.1 Å². The molecule has 2 aromatic rings. The number of hydrogen-bond donors (Lipinski definition) is 2. The van der Waals surface area contributed by atoms with Crippen LogP contribution in [0.3, 0.4) is 0 Å². The molecule has 0 fully saturated rings. The van der Waals surface area contributed by atoms with Crippen molar-refractivity contribution in [3.63, 3.8) is 0 Å². The van der Waals surface area contributed by atoms with Gasteiger partial charge in [0, 0.05) is 11.6 Å². The Bertz CT molecular complexity index is 1170. The molecule has 0 radical (unpaired) electrons. The van der Waals surface area contributed by atoms with Gasteiger partial charge in [-0.2, -0.15) is 0 Å². The van der Waals surface area contributed by atoms with Crippen LogP contribution in [0, 0.1) is 5.82 Å². The van der Waals surface area contributed by atoms with Crippen LogP contribution in [0.2, 0.25) is 16.6 Å². The van der Waals surface area contributed by atoms with Crippen LogP contribution < -0.4 is 9.47 Å². The summed E-state index contributed by atoms with van der Waals surface area (Å²) in [6.07, 6.45) is -1.02. The largest absolute Gasteiger partial charge is 0.496 e. The van der Waals surface area contributed by atoms with E-state index in [1.54, 1.807) is 18.2 Å². The third kappa shape index (κ3) is 3.71. The number of Topliss-reactive ketones (excluding diaryl/α,β-unsaturated/α-hetero) is 1. The van der Waals surface area contributed by atoms with Gasteiger partial charge in [0.2, 0.25) is 14.1 Å². The van der Waals surface area contributed by atoms with Crippen LogP contribution in [-0.4, -0.2) is 44.1 Å². The fourth-order valence-corrected chi connectivity index (χ4v) is 12.7. The Morgan fingerprint density at radius 3 is 2.11 bits per heavy atom. The molecule has 0 amide bonds. The average Bonchev–Trinajstić information content (AvgIpc) is 2.84. The van der Waals surface area contributed by atoms with Crippen molar-refractivity contribution in [2.24, 2.45) is 0 Å². The molecular weight excluding hydrogens is 491 g/mol. The van der Waals surface area contributed by atoms with E-state index in [2.05, 4.69) is 41.5 Å². The molecule has 0 saturated heterocycles. The molecule has 0 heterocycles. The monoisotopic (exact) mass is 530 g/mol. The predicted molar refractivity (Wildman–Crippen MR) is 142 cm³/mol. The van der Waals surface area contributed by atoms with Gasteiger partial charge < -0.3 is 24.1 Å². The van der Waals surface area contributed by atoms with Crippen LogP contribution in [0.5, 0.6) is 11.5 Å². The van der Waals surface area contributed by atoms with Gasteiger partial charge in [0.1, 0.15) is 23.4 Å². The molecule has 0 unspecified atom stereocenters. The molecule has 0 saturated carbocycles. The van der Waals surface area contributed by atoms with E-state index in [1.807, 2.05) is 0 Å². The summed E-state index contributed by atoms with van der Waals surface area (Å²) in [5.41, 5.74) is -2.61. The Kier molecular flexibility index (Phi) is 7.12. The lowest BCUT2D eigenvalue weighted by Gasteiger charge is -2.57. The molecule has 0 spiro atoms. The summed E-state index contributed by atoms with van der Waals surface area (Å²) < 4.78 is 32.9. The van der Waals surface area contributed by atoms with Gasteiger partial charge in [-0.05, 0) is 52.7 Å². The molecular formula is C29H39FO6Si. The summed E-state index contributed by atoms with van der Waals surface area (Å²) in [7, 11) is 0.174. The number of hydrogen-bond acceptors (Lipinski definition) is 6. The van der Waals surface area contributed by atoms with Crippen LogP contribution in [0.4, 0.5) is 4.39 Å². The zero-order valence-electron chi connectivity index (χ0n) is 23.0. The minimum Gasteiger partial charge on any atom is -0.496 e. The maximum absolute atomic E-state index is 14.6. The molecule has 2 aliphatic carbocycles. The second-order valence-corrected chi connectivity index (χ2v) is 16.7. The van der Waals surface area contributed by atoms with Crippen LogP contribution in [0.1, 0.15) is 81.1 Å². The summed E-state index contributed by atoms with van der Waals surface area (Å²) in [6.45, 7) is 12.8. The van der Waals surface area contributed by atoms with Gasteiger partial charge in [-0.15, -0.1) is 0 Å². The SMILES string of the molecule is COc1cccc2c1C(=O)[C@]1(O)CCc3cc(F)cc(OC)c3[C@]1(O)[C@@H]2O[Si](C(C)C)(C(C)C)C(C)C. The molecule has 4 rings (SSSR count). The van der Waals surface area contributed by atoms with Crippen molar-refractivity contribution in [2.75, 3.05) is 14.2 Å². The fourth-order valence-electron chi connectivity index (χ4n) is 7.15. The molecule has 0 bridgehead atoms. The highest BCUT2D eigenvalue weighted by molar-refractivity contribution is 6.77. The number of halogens is 1. The minimum atomic E-state index is -2.69. The van der Waals surface area contributed by atoms with Crippen LogP contribution in [0.15, 0.2) is 30.3 Å². The van der Waals surface area contributed by atoms with E-state index in [4.69, 9.17) is 13.9 Å². The Morgan fingerprint density at radius 2 is 1.57 bits per heavy atom. The topological polar surface area (TPSA) is 85.2 Å². The zero-order valence-corrected chi connectivity index (χ0v) is 24.0. The lowest BCUT2D eigenvalue weighted by Crippen LogP contribution is -2.67.